The number of hydrogen-bond donors (Lipinski definition) is 1. The van der Waals surface area contributed by atoms with Crippen molar-refractivity contribution >= 4 is 40.9 Å². The number of rotatable bonds is 11. The van der Waals surface area contributed by atoms with Crippen LogP contribution in [0.4, 0.5) is 0 Å². The first-order chi connectivity index (χ1) is 15.5. The predicted octanol–water partition coefficient (Wildman–Crippen LogP) is 6.76. The summed E-state index contributed by atoms with van der Waals surface area (Å²) in [6, 6.07) is 13.6. The van der Waals surface area contributed by atoms with Crippen molar-refractivity contribution in [3.8, 4) is 5.69 Å². The Labute approximate surface area is 203 Å². The molecular formula is C24H28Cl2N4OS. The summed E-state index contributed by atoms with van der Waals surface area (Å²) in [5.41, 5.74) is 3.15. The molecule has 1 N–H and O–H groups in total. The van der Waals surface area contributed by atoms with E-state index in [1.54, 1.807) is 30.0 Å². The lowest BCUT2D eigenvalue weighted by atomic mass is 10.1. The van der Waals surface area contributed by atoms with E-state index in [0.717, 1.165) is 31.4 Å². The van der Waals surface area contributed by atoms with E-state index in [1.165, 1.54) is 11.1 Å². The molecule has 1 amide bonds. The van der Waals surface area contributed by atoms with Gasteiger partial charge in [-0.2, -0.15) is 0 Å². The number of benzene rings is 2. The third kappa shape index (κ3) is 6.74. The van der Waals surface area contributed by atoms with Gasteiger partial charge >= 0.3 is 0 Å². The number of carbonyl (C=O) groups excluding carboxylic acids is 1. The van der Waals surface area contributed by atoms with Crippen LogP contribution in [0, 0.1) is 6.92 Å². The Morgan fingerprint density at radius 3 is 2.69 bits per heavy atom. The maximum atomic E-state index is 12.3. The van der Waals surface area contributed by atoms with Crippen LogP contribution < -0.4 is 5.32 Å². The quantitative estimate of drug-likeness (QED) is 0.238. The average molecular weight is 491 g/mol. The molecule has 0 spiro atoms. The fourth-order valence-corrected chi connectivity index (χ4v) is 4.71. The second kappa shape index (κ2) is 12.3. The highest BCUT2D eigenvalue weighted by atomic mass is 35.5. The summed E-state index contributed by atoms with van der Waals surface area (Å²) in [6.07, 6.45) is 4.77. The van der Waals surface area contributed by atoms with Gasteiger partial charge in [0, 0.05) is 17.2 Å². The molecule has 8 heteroatoms. The maximum absolute atomic E-state index is 12.3. The summed E-state index contributed by atoms with van der Waals surface area (Å²) >= 11 is 14.3. The van der Waals surface area contributed by atoms with Crippen LogP contribution in [0.1, 0.15) is 56.0 Å². The SMILES string of the molecule is CCCCCCC(=O)NCc1nnc(SCc2ccccc2C)n1-c1cc(Cl)ccc1Cl. The largest absolute Gasteiger partial charge is 0.349 e. The van der Waals surface area contributed by atoms with E-state index in [-0.39, 0.29) is 12.5 Å². The lowest BCUT2D eigenvalue weighted by Gasteiger charge is -2.13. The zero-order chi connectivity index (χ0) is 22.9. The summed E-state index contributed by atoms with van der Waals surface area (Å²) in [7, 11) is 0. The molecule has 1 heterocycles. The fraction of sp³-hybridized carbons (Fsp3) is 0.375. The first-order valence-corrected chi connectivity index (χ1v) is 12.6. The number of halogens is 2. The van der Waals surface area contributed by atoms with Crippen molar-refractivity contribution in [2.75, 3.05) is 0 Å². The Morgan fingerprint density at radius 1 is 1.09 bits per heavy atom. The van der Waals surface area contributed by atoms with Crippen molar-refractivity contribution in [3.63, 3.8) is 0 Å². The fourth-order valence-electron chi connectivity index (χ4n) is 3.30. The molecule has 2 aromatic carbocycles. The van der Waals surface area contributed by atoms with Gasteiger partial charge in [-0.3, -0.25) is 9.36 Å². The van der Waals surface area contributed by atoms with E-state index in [1.807, 2.05) is 16.7 Å². The lowest BCUT2D eigenvalue weighted by molar-refractivity contribution is -0.121. The van der Waals surface area contributed by atoms with Crippen LogP contribution in [-0.4, -0.2) is 20.7 Å². The first kappa shape index (κ1) is 24.6. The van der Waals surface area contributed by atoms with Crippen LogP contribution in [-0.2, 0) is 17.1 Å². The van der Waals surface area contributed by atoms with E-state index in [2.05, 4.69) is 41.5 Å². The van der Waals surface area contributed by atoms with Crippen molar-refractivity contribution in [3.05, 3.63) is 69.5 Å². The number of amides is 1. The molecule has 170 valence electrons. The molecule has 0 saturated heterocycles. The molecule has 0 unspecified atom stereocenters. The minimum Gasteiger partial charge on any atom is -0.349 e. The van der Waals surface area contributed by atoms with Gasteiger partial charge in [0.1, 0.15) is 0 Å². The zero-order valence-electron chi connectivity index (χ0n) is 18.4. The third-order valence-electron chi connectivity index (χ3n) is 5.17. The van der Waals surface area contributed by atoms with Crippen molar-refractivity contribution in [2.24, 2.45) is 0 Å². The Balaban J connectivity index is 1.80. The van der Waals surface area contributed by atoms with Gasteiger partial charge in [0.25, 0.3) is 0 Å². The highest BCUT2D eigenvalue weighted by Gasteiger charge is 2.18. The van der Waals surface area contributed by atoms with Crippen molar-refractivity contribution in [2.45, 2.75) is 63.4 Å². The number of nitrogens with one attached hydrogen (secondary N) is 1. The molecule has 0 aliphatic rings. The molecule has 1 aromatic heterocycles. The van der Waals surface area contributed by atoms with E-state index < -0.39 is 0 Å². The zero-order valence-corrected chi connectivity index (χ0v) is 20.7. The number of aryl methyl sites for hydroxylation is 1. The van der Waals surface area contributed by atoms with Gasteiger partial charge in [0.05, 0.1) is 17.3 Å². The Hall–Kier alpha value is -2.02. The van der Waals surface area contributed by atoms with E-state index >= 15 is 0 Å². The number of carbonyl (C=O) groups is 1. The average Bonchev–Trinajstić information content (AvgIpc) is 3.19. The number of unbranched alkanes of at least 4 members (excludes halogenated alkanes) is 3. The lowest BCUT2D eigenvalue weighted by Crippen LogP contribution is -2.24. The second-order valence-corrected chi connectivity index (χ2v) is 9.42. The van der Waals surface area contributed by atoms with Crippen LogP contribution in [0.5, 0.6) is 0 Å². The molecule has 3 aromatic rings. The topological polar surface area (TPSA) is 59.8 Å². The number of hydrogen-bond acceptors (Lipinski definition) is 4. The summed E-state index contributed by atoms with van der Waals surface area (Å²) in [6.45, 7) is 4.52. The molecule has 3 rings (SSSR count). The van der Waals surface area contributed by atoms with Crippen LogP contribution >= 0.6 is 35.0 Å². The van der Waals surface area contributed by atoms with E-state index in [4.69, 9.17) is 23.2 Å². The van der Waals surface area contributed by atoms with Gasteiger partial charge in [-0.05, 0) is 42.7 Å². The summed E-state index contributed by atoms with van der Waals surface area (Å²) in [4.78, 5) is 12.3. The molecule has 32 heavy (non-hydrogen) atoms. The normalized spacial score (nSPS) is 11.0. The van der Waals surface area contributed by atoms with Crippen LogP contribution in [0.15, 0.2) is 47.6 Å². The van der Waals surface area contributed by atoms with Crippen LogP contribution in [0.3, 0.4) is 0 Å². The minimum atomic E-state index is 0.0157. The van der Waals surface area contributed by atoms with Gasteiger partial charge in [-0.25, -0.2) is 0 Å². The Kier molecular flexibility index (Phi) is 9.45. The number of thioether (sulfide) groups is 1. The van der Waals surface area contributed by atoms with Gasteiger partial charge in [0.2, 0.25) is 5.91 Å². The van der Waals surface area contributed by atoms with Gasteiger partial charge in [-0.15, -0.1) is 10.2 Å². The smallest absolute Gasteiger partial charge is 0.220 e. The Bertz CT molecular complexity index is 1050. The molecule has 0 atom stereocenters. The van der Waals surface area contributed by atoms with Crippen molar-refractivity contribution in [1.29, 1.82) is 0 Å². The molecule has 0 bridgehead atoms. The van der Waals surface area contributed by atoms with Crippen molar-refractivity contribution < 1.29 is 4.79 Å². The maximum Gasteiger partial charge on any atom is 0.220 e. The third-order valence-corrected chi connectivity index (χ3v) is 6.70. The van der Waals surface area contributed by atoms with E-state index in [0.29, 0.717) is 33.1 Å². The van der Waals surface area contributed by atoms with Gasteiger partial charge < -0.3 is 5.32 Å². The molecule has 0 aliphatic carbocycles. The summed E-state index contributed by atoms with van der Waals surface area (Å²) in [5, 5.41) is 13.5. The van der Waals surface area contributed by atoms with Gasteiger partial charge in [-0.1, -0.05) is 85.4 Å². The molecule has 5 nitrogen and oxygen atoms in total. The monoisotopic (exact) mass is 490 g/mol. The number of aromatic nitrogens is 3. The Morgan fingerprint density at radius 2 is 1.91 bits per heavy atom. The van der Waals surface area contributed by atoms with E-state index in [9.17, 15) is 4.79 Å². The molecule has 0 saturated carbocycles. The minimum absolute atomic E-state index is 0.0157. The first-order valence-electron chi connectivity index (χ1n) is 10.8. The summed E-state index contributed by atoms with van der Waals surface area (Å²) in [5.74, 6) is 1.37. The van der Waals surface area contributed by atoms with Crippen LogP contribution in [0.25, 0.3) is 5.69 Å². The number of nitrogens with zero attached hydrogens (tertiary/aromatic N) is 3. The summed E-state index contributed by atoms with van der Waals surface area (Å²) < 4.78 is 1.88. The molecule has 0 fully saturated rings. The molecular weight excluding hydrogens is 463 g/mol. The van der Waals surface area contributed by atoms with Crippen LogP contribution in [0.2, 0.25) is 10.0 Å². The highest BCUT2D eigenvalue weighted by Crippen LogP contribution is 2.31. The van der Waals surface area contributed by atoms with Gasteiger partial charge in [0.15, 0.2) is 11.0 Å². The highest BCUT2D eigenvalue weighted by molar-refractivity contribution is 7.98. The standard InChI is InChI=1S/C24H28Cl2N4OS/c1-3-4-5-6-11-23(31)27-15-22-28-29-24(32-16-18-10-8-7-9-17(18)2)30(22)21-14-19(25)12-13-20(21)26/h7-10,12-14H,3-6,11,15-16H2,1-2H3,(H,27,31). The second-order valence-electron chi connectivity index (χ2n) is 7.63. The predicted molar refractivity (Wildman–Crippen MR) is 133 cm³/mol. The molecule has 0 aliphatic heterocycles. The van der Waals surface area contributed by atoms with Crippen molar-refractivity contribution in [1.82, 2.24) is 20.1 Å². The molecule has 0 radical (unpaired) electrons.